The van der Waals surface area contributed by atoms with Gasteiger partial charge >= 0.3 is 0 Å². The van der Waals surface area contributed by atoms with E-state index in [1.54, 1.807) is 43.1 Å². The minimum atomic E-state index is -3.56. The number of sulfonamides is 1. The highest BCUT2D eigenvalue weighted by molar-refractivity contribution is 7.98. The first-order chi connectivity index (χ1) is 14.3. The number of hydrogen-bond donors (Lipinski definition) is 1. The normalized spacial score (nSPS) is 16.8. The molecule has 1 N–H and O–H groups in total. The van der Waals surface area contributed by atoms with Crippen LogP contribution in [0.25, 0.3) is 0 Å². The van der Waals surface area contributed by atoms with Crippen LogP contribution in [0, 0.1) is 5.92 Å². The van der Waals surface area contributed by atoms with E-state index in [2.05, 4.69) is 5.32 Å². The molecule has 1 aliphatic heterocycles. The topological polar surface area (TPSA) is 75.7 Å². The van der Waals surface area contributed by atoms with Gasteiger partial charge in [0.2, 0.25) is 15.9 Å². The van der Waals surface area contributed by atoms with Crippen molar-refractivity contribution in [2.75, 3.05) is 26.5 Å². The second-order valence-electron chi connectivity index (χ2n) is 7.36. The number of rotatable bonds is 7. The van der Waals surface area contributed by atoms with Crippen molar-refractivity contribution in [1.29, 1.82) is 0 Å². The Morgan fingerprint density at radius 3 is 2.23 bits per heavy atom. The van der Waals surface area contributed by atoms with Crippen LogP contribution in [0.1, 0.15) is 31.4 Å². The molecule has 1 saturated heterocycles. The zero-order valence-electron chi connectivity index (χ0n) is 17.5. The number of nitrogens with zero attached hydrogens (tertiary/aromatic N) is 1. The number of ether oxygens (including phenoxy) is 1. The van der Waals surface area contributed by atoms with Gasteiger partial charge in [0, 0.05) is 23.9 Å². The van der Waals surface area contributed by atoms with Crippen molar-refractivity contribution in [3.63, 3.8) is 0 Å². The van der Waals surface area contributed by atoms with Gasteiger partial charge in [0.25, 0.3) is 0 Å². The maximum atomic E-state index is 12.9. The average Bonchev–Trinajstić information content (AvgIpc) is 2.79. The van der Waals surface area contributed by atoms with Crippen LogP contribution in [0.3, 0.4) is 0 Å². The third-order valence-corrected chi connectivity index (χ3v) is 8.15. The van der Waals surface area contributed by atoms with Crippen molar-refractivity contribution in [3.05, 3.63) is 54.1 Å². The fraction of sp³-hybridized carbons (Fsp3) is 0.409. The van der Waals surface area contributed by atoms with Crippen LogP contribution < -0.4 is 10.1 Å². The number of methoxy groups -OCH3 is 1. The summed E-state index contributed by atoms with van der Waals surface area (Å²) in [5.74, 6) is 0.416. The summed E-state index contributed by atoms with van der Waals surface area (Å²) < 4.78 is 32.3. The van der Waals surface area contributed by atoms with Gasteiger partial charge < -0.3 is 10.1 Å². The van der Waals surface area contributed by atoms with Gasteiger partial charge in [-0.1, -0.05) is 12.1 Å². The molecule has 1 unspecified atom stereocenters. The first-order valence-corrected chi connectivity index (χ1v) is 12.6. The van der Waals surface area contributed by atoms with Crippen LogP contribution in [-0.4, -0.2) is 45.1 Å². The van der Waals surface area contributed by atoms with Crippen molar-refractivity contribution >= 4 is 27.7 Å². The largest absolute Gasteiger partial charge is 0.497 e. The lowest BCUT2D eigenvalue weighted by atomic mass is 9.96. The SMILES string of the molecule is COc1ccc(S(=O)(=O)N2CCC(C(=O)NC(C)c3ccc(SC)cc3)CC2)cc1. The number of nitrogens with one attached hydrogen (secondary N) is 1. The summed E-state index contributed by atoms with van der Waals surface area (Å²) >= 11 is 1.68. The number of carbonyl (C=O) groups is 1. The number of hydrogen-bond acceptors (Lipinski definition) is 5. The molecule has 1 amide bonds. The smallest absolute Gasteiger partial charge is 0.243 e. The molecular formula is C22H28N2O4S2. The summed E-state index contributed by atoms with van der Waals surface area (Å²) in [6.45, 7) is 2.64. The average molecular weight is 449 g/mol. The van der Waals surface area contributed by atoms with Crippen molar-refractivity contribution in [1.82, 2.24) is 9.62 Å². The number of thioether (sulfide) groups is 1. The molecule has 2 aromatic carbocycles. The van der Waals surface area contributed by atoms with Gasteiger partial charge in [0.05, 0.1) is 18.0 Å². The fourth-order valence-electron chi connectivity index (χ4n) is 3.56. The number of amides is 1. The van der Waals surface area contributed by atoms with Crippen LogP contribution in [0.2, 0.25) is 0 Å². The summed E-state index contributed by atoms with van der Waals surface area (Å²) in [5.41, 5.74) is 1.06. The summed E-state index contributed by atoms with van der Waals surface area (Å²) in [6.07, 6.45) is 3.06. The van der Waals surface area contributed by atoms with E-state index >= 15 is 0 Å². The van der Waals surface area contributed by atoms with E-state index in [-0.39, 0.29) is 22.8 Å². The van der Waals surface area contributed by atoms with Gasteiger partial charge in [0.15, 0.2) is 0 Å². The lowest BCUT2D eigenvalue weighted by Crippen LogP contribution is -2.43. The van der Waals surface area contributed by atoms with E-state index in [1.165, 1.54) is 9.20 Å². The van der Waals surface area contributed by atoms with Gasteiger partial charge in [-0.25, -0.2) is 8.42 Å². The Hall–Kier alpha value is -2.03. The Morgan fingerprint density at radius 2 is 1.70 bits per heavy atom. The Balaban J connectivity index is 1.56. The molecule has 6 nitrogen and oxygen atoms in total. The summed E-state index contributed by atoms with van der Waals surface area (Å²) in [6, 6.07) is 14.4. The maximum Gasteiger partial charge on any atom is 0.243 e. The Morgan fingerprint density at radius 1 is 1.10 bits per heavy atom. The van der Waals surface area contributed by atoms with Crippen molar-refractivity contribution in [2.24, 2.45) is 5.92 Å². The predicted molar refractivity (Wildman–Crippen MR) is 119 cm³/mol. The molecule has 0 bridgehead atoms. The molecule has 1 heterocycles. The molecule has 3 rings (SSSR count). The highest BCUT2D eigenvalue weighted by Gasteiger charge is 2.32. The Bertz CT molecular complexity index is 952. The summed E-state index contributed by atoms with van der Waals surface area (Å²) in [4.78, 5) is 14.1. The van der Waals surface area contributed by atoms with E-state index in [1.807, 2.05) is 37.4 Å². The minimum absolute atomic E-state index is 0.0158. The molecule has 162 valence electrons. The maximum absolute atomic E-state index is 12.9. The highest BCUT2D eigenvalue weighted by atomic mass is 32.2. The second-order valence-corrected chi connectivity index (χ2v) is 10.2. The van der Waals surface area contributed by atoms with Crippen LogP contribution in [0.15, 0.2) is 58.3 Å². The highest BCUT2D eigenvalue weighted by Crippen LogP contribution is 2.26. The van der Waals surface area contributed by atoms with E-state index in [0.29, 0.717) is 31.7 Å². The van der Waals surface area contributed by atoms with Crippen molar-refractivity contribution < 1.29 is 17.9 Å². The van der Waals surface area contributed by atoms with E-state index in [9.17, 15) is 13.2 Å². The standard InChI is InChI=1S/C22H28N2O4S2/c1-16(17-4-8-20(29-3)9-5-17)23-22(25)18-12-14-24(15-13-18)30(26,27)21-10-6-19(28-2)7-11-21/h4-11,16,18H,12-15H2,1-3H3,(H,23,25). The van der Waals surface area contributed by atoms with Gasteiger partial charge in [-0.2, -0.15) is 4.31 Å². The molecule has 0 aliphatic carbocycles. The minimum Gasteiger partial charge on any atom is -0.497 e. The molecule has 1 atom stereocenters. The van der Waals surface area contributed by atoms with E-state index in [0.717, 1.165) is 5.56 Å². The number of carbonyl (C=O) groups excluding carboxylic acids is 1. The summed E-state index contributed by atoms with van der Waals surface area (Å²) in [7, 11) is -2.02. The zero-order valence-corrected chi connectivity index (χ0v) is 19.1. The number of piperidine rings is 1. The second kappa shape index (κ2) is 9.85. The zero-order chi connectivity index (χ0) is 21.7. The lowest BCUT2D eigenvalue weighted by molar-refractivity contribution is -0.126. The molecule has 0 radical (unpaired) electrons. The van der Waals surface area contributed by atoms with Crippen LogP contribution in [0.4, 0.5) is 0 Å². The third-order valence-electron chi connectivity index (χ3n) is 5.50. The van der Waals surface area contributed by atoms with Gasteiger partial charge in [-0.15, -0.1) is 11.8 Å². The molecule has 0 saturated carbocycles. The van der Waals surface area contributed by atoms with Gasteiger partial charge in [-0.05, 0) is 68.0 Å². The van der Waals surface area contributed by atoms with Gasteiger partial charge in [-0.3, -0.25) is 4.79 Å². The molecule has 0 aromatic heterocycles. The van der Waals surface area contributed by atoms with Crippen LogP contribution in [0.5, 0.6) is 5.75 Å². The molecule has 1 aliphatic rings. The van der Waals surface area contributed by atoms with E-state index in [4.69, 9.17) is 4.74 Å². The van der Waals surface area contributed by atoms with Crippen LogP contribution >= 0.6 is 11.8 Å². The molecular weight excluding hydrogens is 420 g/mol. The molecule has 8 heteroatoms. The van der Waals surface area contributed by atoms with E-state index < -0.39 is 10.0 Å². The Kier molecular flexibility index (Phi) is 7.44. The molecule has 2 aromatic rings. The fourth-order valence-corrected chi connectivity index (χ4v) is 5.44. The molecule has 30 heavy (non-hydrogen) atoms. The molecule has 0 spiro atoms. The quantitative estimate of drug-likeness (QED) is 0.654. The first kappa shape index (κ1) is 22.7. The Labute approximate surface area is 183 Å². The molecule has 1 fully saturated rings. The summed E-state index contributed by atoms with van der Waals surface area (Å²) in [5, 5.41) is 3.07. The number of benzene rings is 2. The van der Waals surface area contributed by atoms with Gasteiger partial charge in [0.1, 0.15) is 5.75 Å². The first-order valence-electron chi connectivity index (χ1n) is 9.93. The predicted octanol–water partition coefficient (Wildman–Crippen LogP) is 3.70. The van der Waals surface area contributed by atoms with Crippen molar-refractivity contribution in [3.8, 4) is 5.75 Å². The monoisotopic (exact) mass is 448 g/mol. The van der Waals surface area contributed by atoms with Crippen molar-refractivity contribution in [2.45, 2.75) is 35.6 Å². The van der Waals surface area contributed by atoms with Crippen LogP contribution in [-0.2, 0) is 14.8 Å². The lowest BCUT2D eigenvalue weighted by Gasteiger charge is -2.31. The third kappa shape index (κ3) is 5.17.